The van der Waals surface area contributed by atoms with Crippen LogP contribution in [0.1, 0.15) is 37.5 Å². The number of anilines is 2. The number of nitrogens with zero attached hydrogens (tertiary/aromatic N) is 3. The van der Waals surface area contributed by atoms with Gasteiger partial charge in [-0.05, 0) is 99.0 Å². The van der Waals surface area contributed by atoms with Crippen LogP contribution in [0.5, 0.6) is 11.5 Å². The zero-order valence-corrected chi connectivity index (χ0v) is 31.4. The number of carbonyl (C=O) groups excluding carboxylic acids is 2. The molecule has 0 aliphatic carbocycles. The van der Waals surface area contributed by atoms with Gasteiger partial charge >= 0.3 is 5.97 Å². The molecule has 0 aliphatic heterocycles. The largest absolute Gasteiger partial charge is 0.497 e. The number of hydrogen-bond donors (Lipinski definition) is 1. The van der Waals surface area contributed by atoms with Gasteiger partial charge in [0.15, 0.2) is 0 Å². The molecular formula is C44H44N4O6. The fourth-order valence-corrected chi connectivity index (χ4v) is 5.91. The van der Waals surface area contributed by atoms with Crippen LogP contribution in [0, 0.1) is 6.92 Å². The first kappa shape index (κ1) is 37.3. The molecule has 0 unspecified atom stereocenters. The molecule has 1 heterocycles. The maximum absolute atomic E-state index is 13.0. The highest BCUT2D eigenvalue weighted by Crippen LogP contribution is 2.28. The summed E-state index contributed by atoms with van der Waals surface area (Å²) >= 11 is 0. The fourth-order valence-electron chi connectivity index (χ4n) is 5.91. The molecule has 6 aromatic rings. The summed E-state index contributed by atoms with van der Waals surface area (Å²) in [6, 6.07) is 37.0. The van der Waals surface area contributed by atoms with Gasteiger partial charge in [-0.15, -0.1) is 0 Å². The number of amides is 1. The van der Waals surface area contributed by atoms with Crippen molar-refractivity contribution < 1.29 is 28.3 Å². The van der Waals surface area contributed by atoms with Gasteiger partial charge in [0.1, 0.15) is 23.6 Å². The molecule has 5 aromatic carbocycles. The Morgan fingerprint density at radius 2 is 1.39 bits per heavy atom. The number of carbonyl (C=O) groups is 2. The molecule has 10 heteroatoms. The Labute approximate surface area is 315 Å². The first-order valence-electron chi connectivity index (χ1n) is 17.6. The summed E-state index contributed by atoms with van der Waals surface area (Å²) in [5.74, 6) is 1.61. The van der Waals surface area contributed by atoms with Crippen LogP contribution in [0.2, 0.25) is 0 Å². The Kier molecular flexibility index (Phi) is 11.4. The van der Waals surface area contributed by atoms with Crippen molar-refractivity contribution in [3.8, 4) is 45.5 Å². The Morgan fingerprint density at radius 1 is 0.759 bits per heavy atom. The fraction of sp³-hybridized carbons (Fsp3) is 0.227. The number of hydrogen-bond acceptors (Lipinski definition) is 9. The van der Waals surface area contributed by atoms with Crippen LogP contribution in [0.25, 0.3) is 34.0 Å². The second-order valence-electron chi connectivity index (χ2n) is 14.0. The number of ether oxygens (including phenoxy) is 3. The predicted octanol–water partition coefficient (Wildman–Crippen LogP) is 8.93. The molecule has 1 aromatic heterocycles. The molecule has 6 rings (SSSR count). The normalized spacial score (nSPS) is 11.1. The number of rotatable bonds is 13. The zero-order valence-electron chi connectivity index (χ0n) is 31.4. The Bertz CT molecular complexity index is 2190. The van der Waals surface area contributed by atoms with Gasteiger partial charge in [0.25, 0.3) is 5.89 Å². The van der Waals surface area contributed by atoms with E-state index >= 15 is 0 Å². The van der Waals surface area contributed by atoms with E-state index in [0.717, 1.165) is 33.5 Å². The summed E-state index contributed by atoms with van der Waals surface area (Å²) in [6.07, 6.45) is 0.107. The minimum atomic E-state index is -0.629. The van der Waals surface area contributed by atoms with Gasteiger partial charge in [-0.2, -0.15) is 4.98 Å². The van der Waals surface area contributed by atoms with Crippen LogP contribution < -0.4 is 19.7 Å². The van der Waals surface area contributed by atoms with Crippen LogP contribution in [0.4, 0.5) is 11.4 Å². The number of esters is 1. The van der Waals surface area contributed by atoms with Crippen molar-refractivity contribution in [1.82, 2.24) is 10.1 Å². The summed E-state index contributed by atoms with van der Waals surface area (Å²) in [4.78, 5) is 32.6. The highest BCUT2D eigenvalue weighted by molar-refractivity contribution is 5.93. The lowest BCUT2D eigenvalue weighted by Gasteiger charge is -2.27. The Hall–Kier alpha value is -6.42. The van der Waals surface area contributed by atoms with E-state index in [1.807, 2.05) is 86.3 Å². The van der Waals surface area contributed by atoms with Crippen molar-refractivity contribution in [3.63, 3.8) is 0 Å². The SMILES string of the molecule is COc1ccc(OC)c(CC(=O)Nc2ccc(N(CC(=O)OC(C)(C)C)Cc3ccc(-c4nc(-c5ccc(-c6ccc(C)cc6)cc5)no4)cc3)cc2)c1. The molecule has 0 aliphatic rings. The smallest absolute Gasteiger partial charge is 0.326 e. The van der Waals surface area contributed by atoms with E-state index in [-0.39, 0.29) is 24.8 Å². The van der Waals surface area contributed by atoms with Gasteiger partial charge in [0.2, 0.25) is 11.7 Å². The number of methoxy groups -OCH3 is 2. The van der Waals surface area contributed by atoms with Crippen LogP contribution in [-0.2, 0) is 27.3 Å². The predicted molar refractivity (Wildman–Crippen MR) is 211 cm³/mol. The van der Waals surface area contributed by atoms with E-state index in [1.165, 1.54) is 5.56 Å². The molecule has 1 amide bonds. The second-order valence-corrected chi connectivity index (χ2v) is 14.0. The summed E-state index contributed by atoms with van der Waals surface area (Å²) in [5.41, 5.74) is 7.56. The Balaban J connectivity index is 1.13. The summed E-state index contributed by atoms with van der Waals surface area (Å²) < 4.78 is 22.0. The molecule has 1 N–H and O–H groups in total. The van der Waals surface area contributed by atoms with E-state index in [0.29, 0.717) is 41.0 Å². The monoisotopic (exact) mass is 724 g/mol. The van der Waals surface area contributed by atoms with Crippen molar-refractivity contribution >= 4 is 23.3 Å². The van der Waals surface area contributed by atoms with Gasteiger partial charge < -0.3 is 29.0 Å². The lowest BCUT2D eigenvalue weighted by Crippen LogP contribution is -2.34. The molecule has 0 saturated heterocycles. The van der Waals surface area contributed by atoms with Crippen molar-refractivity contribution in [1.29, 1.82) is 0 Å². The second kappa shape index (κ2) is 16.5. The maximum Gasteiger partial charge on any atom is 0.326 e. The molecule has 0 atom stereocenters. The lowest BCUT2D eigenvalue weighted by molar-refractivity contribution is -0.153. The minimum Gasteiger partial charge on any atom is -0.497 e. The summed E-state index contributed by atoms with van der Waals surface area (Å²) in [6.45, 7) is 8.05. The highest BCUT2D eigenvalue weighted by atomic mass is 16.6. The van der Waals surface area contributed by atoms with Crippen LogP contribution in [-0.4, -0.2) is 48.4 Å². The Morgan fingerprint density at radius 3 is 2.02 bits per heavy atom. The molecular weight excluding hydrogens is 681 g/mol. The zero-order chi connectivity index (χ0) is 38.2. The average molecular weight is 725 g/mol. The van der Waals surface area contributed by atoms with E-state index in [2.05, 4.69) is 58.8 Å². The number of aryl methyl sites for hydroxylation is 1. The molecule has 10 nitrogen and oxygen atoms in total. The number of benzene rings is 5. The molecule has 0 radical (unpaired) electrons. The van der Waals surface area contributed by atoms with Gasteiger partial charge in [-0.25, -0.2) is 0 Å². The average Bonchev–Trinajstić information content (AvgIpc) is 3.65. The first-order valence-corrected chi connectivity index (χ1v) is 17.6. The third kappa shape index (κ3) is 9.71. The minimum absolute atomic E-state index is 0.0239. The third-order valence-electron chi connectivity index (χ3n) is 8.62. The van der Waals surface area contributed by atoms with E-state index in [4.69, 9.17) is 18.7 Å². The van der Waals surface area contributed by atoms with Gasteiger partial charge in [-0.3, -0.25) is 9.59 Å². The quantitative estimate of drug-likeness (QED) is 0.117. The highest BCUT2D eigenvalue weighted by Gasteiger charge is 2.21. The van der Waals surface area contributed by atoms with Gasteiger partial charge in [-0.1, -0.05) is 71.4 Å². The van der Waals surface area contributed by atoms with Crippen molar-refractivity contribution in [2.75, 3.05) is 31.0 Å². The molecule has 0 saturated carbocycles. The maximum atomic E-state index is 13.0. The molecule has 0 bridgehead atoms. The third-order valence-corrected chi connectivity index (χ3v) is 8.62. The summed E-state index contributed by atoms with van der Waals surface area (Å²) in [7, 11) is 3.14. The van der Waals surface area contributed by atoms with E-state index in [9.17, 15) is 9.59 Å². The van der Waals surface area contributed by atoms with Gasteiger partial charge in [0.05, 0.1) is 20.6 Å². The lowest BCUT2D eigenvalue weighted by atomic mass is 10.0. The van der Waals surface area contributed by atoms with Crippen molar-refractivity contribution in [2.24, 2.45) is 0 Å². The topological polar surface area (TPSA) is 116 Å². The van der Waals surface area contributed by atoms with Crippen LogP contribution in [0.15, 0.2) is 120 Å². The van der Waals surface area contributed by atoms with E-state index in [1.54, 1.807) is 32.4 Å². The number of nitrogens with one attached hydrogen (secondary N) is 1. The summed E-state index contributed by atoms with van der Waals surface area (Å²) in [5, 5.41) is 7.17. The molecule has 54 heavy (non-hydrogen) atoms. The van der Waals surface area contributed by atoms with Gasteiger partial charge in [0, 0.05) is 34.6 Å². The molecule has 276 valence electrons. The standard InChI is InChI=1S/C44H44N4O6/c1-29-7-11-31(12-8-29)32-15-17-33(18-16-32)42-46-43(54-47-42)34-13-9-30(10-14-34)27-48(28-41(50)53-44(2,3)4)37-21-19-36(20-22-37)45-40(49)26-35-25-38(51-5)23-24-39(35)52-6/h7-25H,26-28H2,1-6H3,(H,45,49). The van der Waals surface area contributed by atoms with Crippen LogP contribution in [0.3, 0.4) is 0 Å². The molecule has 0 fully saturated rings. The van der Waals surface area contributed by atoms with Crippen LogP contribution >= 0.6 is 0 Å². The molecule has 0 spiro atoms. The number of aromatic nitrogens is 2. The van der Waals surface area contributed by atoms with E-state index < -0.39 is 5.60 Å². The van der Waals surface area contributed by atoms with Crippen molar-refractivity contribution in [3.05, 3.63) is 132 Å². The van der Waals surface area contributed by atoms with Crippen molar-refractivity contribution in [2.45, 2.75) is 46.3 Å². The first-order chi connectivity index (χ1) is 26.0.